The van der Waals surface area contributed by atoms with E-state index in [-0.39, 0.29) is 6.03 Å². The van der Waals surface area contributed by atoms with Crippen molar-refractivity contribution >= 4 is 17.5 Å². The Morgan fingerprint density at radius 1 is 1.10 bits per heavy atom. The smallest absolute Gasteiger partial charge is 0.244 e. The molecule has 0 aromatic rings. The van der Waals surface area contributed by atoms with E-state index in [1.165, 1.54) is 0 Å². The number of nitrogens with zero attached hydrogens (tertiary/aromatic N) is 2. The van der Waals surface area contributed by atoms with Crippen LogP contribution in [0.15, 0.2) is 9.98 Å². The predicted octanol–water partition coefficient (Wildman–Crippen LogP) is 1.82. The van der Waals surface area contributed by atoms with E-state index in [9.17, 15) is 4.79 Å². The molecule has 54 valence electrons. The van der Waals surface area contributed by atoms with Gasteiger partial charge in [0.2, 0.25) is 0 Å². The molecule has 0 aliphatic carbocycles. The zero-order valence-corrected chi connectivity index (χ0v) is 6.22. The molecule has 1 aliphatic heterocycles. The summed E-state index contributed by atoms with van der Waals surface area (Å²) in [7, 11) is 0. The average molecular weight is 138 g/mol. The fourth-order valence-corrected chi connectivity index (χ4v) is 0.951. The molecule has 3 heteroatoms. The Labute approximate surface area is 59.9 Å². The number of carbonyl (C=O) groups is 1. The second kappa shape index (κ2) is 2.73. The lowest BCUT2D eigenvalue weighted by molar-refractivity contribution is 0.257. The van der Waals surface area contributed by atoms with Crippen LogP contribution >= 0.6 is 0 Å². The number of hydrogen-bond donors (Lipinski definition) is 0. The molecule has 0 atom stereocenters. The van der Waals surface area contributed by atoms with Crippen molar-refractivity contribution in [3.05, 3.63) is 0 Å². The number of urea groups is 1. The first-order valence-electron chi connectivity index (χ1n) is 3.47. The molecule has 0 saturated carbocycles. The van der Waals surface area contributed by atoms with Crippen molar-refractivity contribution < 1.29 is 4.79 Å². The quantitative estimate of drug-likeness (QED) is 0.573. The summed E-state index contributed by atoms with van der Waals surface area (Å²) in [6.45, 7) is 3.95. The maximum absolute atomic E-state index is 10.6. The molecule has 0 radical (unpaired) electrons. The summed E-state index contributed by atoms with van der Waals surface area (Å²) in [4.78, 5) is 18.1. The first-order valence-corrected chi connectivity index (χ1v) is 3.47. The minimum absolute atomic E-state index is 0.339. The maximum Gasteiger partial charge on any atom is 0.367 e. The van der Waals surface area contributed by atoms with Gasteiger partial charge >= 0.3 is 6.03 Å². The van der Waals surface area contributed by atoms with Gasteiger partial charge in [-0.05, 0) is 12.8 Å². The molecule has 3 nitrogen and oxygen atoms in total. The molecule has 2 amide bonds. The summed E-state index contributed by atoms with van der Waals surface area (Å²) in [5.74, 6) is 0. The highest BCUT2D eigenvalue weighted by Crippen LogP contribution is 2.04. The van der Waals surface area contributed by atoms with Gasteiger partial charge in [0, 0.05) is 0 Å². The van der Waals surface area contributed by atoms with Crippen LogP contribution in [0.3, 0.4) is 0 Å². The van der Waals surface area contributed by atoms with Crippen LogP contribution < -0.4 is 0 Å². The number of rotatable bonds is 2. The standard InChI is InChI=1S/C7H10N2O/c1-3-5-6(4-2)9-7(10)8-5/h3-4H2,1-2H3. The molecular formula is C7H10N2O. The van der Waals surface area contributed by atoms with Crippen LogP contribution in [0.4, 0.5) is 4.79 Å². The lowest BCUT2D eigenvalue weighted by Gasteiger charge is -1.94. The van der Waals surface area contributed by atoms with Crippen LogP contribution in [-0.4, -0.2) is 17.5 Å². The van der Waals surface area contributed by atoms with Gasteiger partial charge in [0.05, 0.1) is 11.4 Å². The van der Waals surface area contributed by atoms with Gasteiger partial charge in [-0.3, -0.25) is 0 Å². The zero-order valence-electron chi connectivity index (χ0n) is 6.22. The highest BCUT2D eigenvalue weighted by molar-refractivity contribution is 6.47. The Bertz CT molecular complexity index is 194. The van der Waals surface area contributed by atoms with Crippen molar-refractivity contribution in [3.8, 4) is 0 Å². The van der Waals surface area contributed by atoms with Gasteiger partial charge in [0.15, 0.2) is 0 Å². The molecule has 0 N–H and O–H groups in total. The summed E-state index contributed by atoms with van der Waals surface area (Å²) in [5.41, 5.74) is 1.71. The predicted molar refractivity (Wildman–Crippen MR) is 40.8 cm³/mol. The molecule has 10 heavy (non-hydrogen) atoms. The fraction of sp³-hybridized carbons (Fsp3) is 0.571. The Kier molecular flexibility index (Phi) is 1.94. The lowest BCUT2D eigenvalue weighted by atomic mass is 10.1. The average Bonchev–Trinajstić information content (AvgIpc) is 2.30. The van der Waals surface area contributed by atoms with Crippen molar-refractivity contribution in [3.63, 3.8) is 0 Å². The number of carbonyl (C=O) groups excluding carboxylic acids is 1. The van der Waals surface area contributed by atoms with Gasteiger partial charge in [-0.2, -0.15) is 9.98 Å². The normalized spacial score (nSPS) is 17.2. The van der Waals surface area contributed by atoms with Crippen LogP contribution in [0, 0.1) is 0 Å². The highest BCUT2D eigenvalue weighted by atomic mass is 16.2. The Morgan fingerprint density at radius 3 is 1.80 bits per heavy atom. The molecule has 0 bridgehead atoms. The van der Waals surface area contributed by atoms with Crippen LogP contribution in [-0.2, 0) is 0 Å². The largest absolute Gasteiger partial charge is 0.367 e. The molecule has 0 spiro atoms. The van der Waals surface area contributed by atoms with E-state index < -0.39 is 0 Å². The van der Waals surface area contributed by atoms with Crippen molar-refractivity contribution in [1.29, 1.82) is 0 Å². The molecule has 1 aliphatic rings. The lowest BCUT2D eigenvalue weighted by Crippen LogP contribution is -2.07. The molecule has 1 rings (SSSR count). The summed E-state index contributed by atoms with van der Waals surface area (Å²) < 4.78 is 0. The van der Waals surface area contributed by atoms with E-state index in [0.717, 1.165) is 24.3 Å². The Balaban J connectivity index is 2.83. The second-order valence-corrected chi connectivity index (χ2v) is 2.11. The summed E-state index contributed by atoms with van der Waals surface area (Å²) >= 11 is 0. The topological polar surface area (TPSA) is 41.8 Å². The third-order valence-electron chi connectivity index (χ3n) is 1.46. The van der Waals surface area contributed by atoms with E-state index in [1.807, 2.05) is 13.8 Å². The van der Waals surface area contributed by atoms with Gasteiger partial charge in [0.25, 0.3) is 0 Å². The van der Waals surface area contributed by atoms with E-state index in [0.29, 0.717) is 0 Å². The Morgan fingerprint density at radius 2 is 1.50 bits per heavy atom. The van der Waals surface area contributed by atoms with E-state index >= 15 is 0 Å². The van der Waals surface area contributed by atoms with Crippen molar-refractivity contribution in [2.45, 2.75) is 26.7 Å². The molecular weight excluding hydrogens is 128 g/mol. The van der Waals surface area contributed by atoms with Crippen LogP contribution in [0.2, 0.25) is 0 Å². The van der Waals surface area contributed by atoms with Gasteiger partial charge in [-0.1, -0.05) is 13.8 Å². The van der Waals surface area contributed by atoms with E-state index in [1.54, 1.807) is 0 Å². The third-order valence-corrected chi connectivity index (χ3v) is 1.46. The third kappa shape index (κ3) is 1.12. The fourth-order valence-electron chi connectivity index (χ4n) is 0.951. The first kappa shape index (κ1) is 7.12. The highest BCUT2D eigenvalue weighted by Gasteiger charge is 2.14. The molecule has 0 fully saturated rings. The van der Waals surface area contributed by atoms with Gasteiger partial charge in [0.1, 0.15) is 0 Å². The maximum atomic E-state index is 10.6. The molecule has 0 saturated heterocycles. The van der Waals surface area contributed by atoms with Crippen LogP contribution in [0.25, 0.3) is 0 Å². The van der Waals surface area contributed by atoms with Gasteiger partial charge in [-0.25, -0.2) is 4.79 Å². The van der Waals surface area contributed by atoms with Crippen LogP contribution in [0.1, 0.15) is 26.7 Å². The number of hydrogen-bond acceptors (Lipinski definition) is 1. The minimum atomic E-state index is -0.339. The van der Waals surface area contributed by atoms with Gasteiger partial charge < -0.3 is 0 Å². The summed E-state index contributed by atoms with van der Waals surface area (Å²) in [6.07, 6.45) is 1.61. The van der Waals surface area contributed by atoms with Crippen LogP contribution in [0.5, 0.6) is 0 Å². The van der Waals surface area contributed by atoms with Crippen molar-refractivity contribution in [2.24, 2.45) is 9.98 Å². The molecule has 0 aromatic heterocycles. The zero-order chi connectivity index (χ0) is 7.56. The number of amides is 2. The van der Waals surface area contributed by atoms with E-state index in [2.05, 4.69) is 9.98 Å². The SMILES string of the molecule is CCC1=NC(=O)N=C1CC. The molecule has 1 heterocycles. The Hall–Kier alpha value is -0.990. The summed E-state index contributed by atoms with van der Waals surface area (Å²) in [6, 6.07) is -0.339. The first-order chi connectivity index (χ1) is 4.77. The van der Waals surface area contributed by atoms with Crippen molar-refractivity contribution in [2.75, 3.05) is 0 Å². The molecule has 0 unspecified atom stereocenters. The monoisotopic (exact) mass is 138 g/mol. The summed E-state index contributed by atoms with van der Waals surface area (Å²) in [5, 5.41) is 0. The molecule has 0 aromatic carbocycles. The van der Waals surface area contributed by atoms with Crippen molar-refractivity contribution in [1.82, 2.24) is 0 Å². The minimum Gasteiger partial charge on any atom is -0.244 e. The second-order valence-electron chi connectivity index (χ2n) is 2.11. The van der Waals surface area contributed by atoms with Gasteiger partial charge in [-0.15, -0.1) is 0 Å². The number of aliphatic imine (C=N–C) groups is 2. The van der Waals surface area contributed by atoms with E-state index in [4.69, 9.17) is 0 Å².